The maximum Gasteiger partial charge on any atom is 0.271 e. The zero-order valence-corrected chi connectivity index (χ0v) is 12.6. The van der Waals surface area contributed by atoms with Crippen LogP contribution in [0.4, 0.5) is 0 Å². The van der Waals surface area contributed by atoms with Gasteiger partial charge in [0.05, 0.1) is 12.3 Å². The number of hydrogen-bond acceptors (Lipinski definition) is 5. The summed E-state index contributed by atoms with van der Waals surface area (Å²) in [5, 5.41) is 4.84. The molecule has 0 spiro atoms. The Kier molecular flexibility index (Phi) is 3.76. The monoisotopic (exact) mass is 304 g/mol. The lowest BCUT2D eigenvalue weighted by Crippen LogP contribution is -2.34. The number of amides is 1. The first-order valence-corrected chi connectivity index (χ1v) is 7.43. The molecule has 1 N–H and O–H groups in total. The second kappa shape index (κ2) is 5.71. The Bertz CT molecular complexity index is 701. The molecular weight excluding hydrogens is 288 g/mol. The standard InChI is InChI=1S/C14H16N4O2S/c1-17(2)11(12-4-3-6-20-12)8-15-13(19)10-9-18-5-7-21-14(18)16-10/h3-7,9,11H,8H2,1-2H3,(H,15,19)/t11-/m1/s1. The van der Waals surface area contributed by atoms with Crippen molar-refractivity contribution in [3.8, 4) is 0 Å². The van der Waals surface area contributed by atoms with E-state index in [1.807, 2.05) is 47.1 Å². The highest BCUT2D eigenvalue weighted by atomic mass is 32.1. The summed E-state index contributed by atoms with van der Waals surface area (Å²) >= 11 is 1.50. The van der Waals surface area contributed by atoms with Gasteiger partial charge in [-0.05, 0) is 26.2 Å². The van der Waals surface area contributed by atoms with Gasteiger partial charge in [-0.2, -0.15) is 0 Å². The van der Waals surface area contributed by atoms with Crippen molar-refractivity contribution in [2.24, 2.45) is 0 Å². The second-order valence-corrected chi connectivity index (χ2v) is 5.80. The van der Waals surface area contributed by atoms with E-state index in [1.54, 1.807) is 12.5 Å². The van der Waals surface area contributed by atoms with E-state index in [0.29, 0.717) is 12.2 Å². The van der Waals surface area contributed by atoms with E-state index >= 15 is 0 Å². The first-order valence-electron chi connectivity index (χ1n) is 6.55. The molecule has 0 aromatic carbocycles. The normalized spacial score (nSPS) is 12.9. The summed E-state index contributed by atoms with van der Waals surface area (Å²) in [7, 11) is 3.90. The number of thiazole rings is 1. The van der Waals surface area contributed by atoms with Gasteiger partial charge in [-0.25, -0.2) is 4.98 Å². The van der Waals surface area contributed by atoms with Crippen LogP contribution in [0.1, 0.15) is 22.3 Å². The van der Waals surface area contributed by atoms with Crippen molar-refractivity contribution in [3.05, 3.63) is 47.6 Å². The minimum atomic E-state index is -0.177. The first kappa shape index (κ1) is 13.8. The number of furan rings is 1. The van der Waals surface area contributed by atoms with Crippen LogP contribution in [0.3, 0.4) is 0 Å². The number of nitrogens with one attached hydrogen (secondary N) is 1. The lowest BCUT2D eigenvalue weighted by molar-refractivity contribution is 0.0934. The molecule has 0 fully saturated rings. The number of carbonyl (C=O) groups is 1. The fourth-order valence-electron chi connectivity index (χ4n) is 2.14. The number of aromatic nitrogens is 2. The Labute approximate surface area is 126 Å². The quantitative estimate of drug-likeness (QED) is 0.783. The molecule has 0 aliphatic carbocycles. The molecule has 1 amide bonds. The van der Waals surface area contributed by atoms with Crippen LogP contribution < -0.4 is 5.32 Å². The maximum absolute atomic E-state index is 12.2. The summed E-state index contributed by atoms with van der Waals surface area (Å²) in [6.07, 6.45) is 5.26. The number of imidazole rings is 1. The highest BCUT2D eigenvalue weighted by Gasteiger charge is 2.19. The van der Waals surface area contributed by atoms with E-state index in [2.05, 4.69) is 10.3 Å². The molecule has 3 heterocycles. The maximum atomic E-state index is 12.2. The molecule has 0 saturated carbocycles. The van der Waals surface area contributed by atoms with Crippen LogP contribution in [0.15, 0.2) is 40.6 Å². The van der Waals surface area contributed by atoms with Crippen LogP contribution in [-0.4, -0.2) is 40.8 Å². The lowest BCUT2D eigenvalue weighted by atomic mass is 10.2. The van der Waals surface area contributed by atoms with Gasteiger partial charge in [-0.3, -0.25) is 14.1 Å². The third kappa shape index (κ3) is 2.84. The molecule has 3 aromatic heterocycles. The van der Waals surface area contributed by atoms with Crippen molar-refractivity contribution in [2.75, 3.05) is 20.6 Å². The predicted molar refractivity (Wildman–Crippen MR) is 80.5 cm³/mol. The average molecular weight is 304 g/mol. The molecular formula is C14H16N4O2S. The zero-order chi connectivity index (χ0) is 14.8. The van der Waals surface area contributed by atoms with Crippen LogP contribution in [0.2, 0.25) is 0 Å². The largest absolute Gasteiger partial charge is 0.468 e. The van der Waals surface area contributed by atoms with Crippen LogP contribution in [-0.2, 0) is 0 Å². The van der Waals surface area contributed by atoms with E-state index in [4.69, 9.17) is 4.42 Å². The summed E-state index contributed by atoms with van der Waals surface area (Å²) in [6, 6.07) is 3.74. The van der Waals surface area contributed by atoms with Gasteiger partial charge in [0.15, 0.2) is 4.96 Å². The summed E-state index contributed by atoms with van der Waals surface area (Å²) in [5.74, 6) is 0.649. The Hall–Kier alpha value is -2.12. The van der Waals surface area contributed by atoms with E-state index in [0.717, 1.165) is 10.7 Å². The van der Waals surface area contributed by atoms with E-state index in [1.165, 1.54) is 11.3 Å². The van der Waals surface area contributed by atoms with Crippen molar-refractivity contribution in [1.82, 2.24) is 19.6 Å². The molecule has 0 unspecified atom stereocenters. The van der Waals surface area contributed by atoms with E-state index in [-0.39, 0.29) is 11.9 Å². The predicted octanol–water partition coefficient (Wildman–Crippen LogP) is 2.02. The molecule has 110 valence electrons. The molecule has 0 radical (unpaired) electrons. The topological polar surface area (TPSA) is 62.8 Å². The molecule has 0 aliphatic heterocycles. The van der Waals surface area contributed by atoms with Crippen molar-refractivity contribution >= 4 is 22.2 Å². The summed E-state index contributed by atoms with van der Waals surface area (Å²) in [5.41, 5.74) is 0.429. The molecule has 3 rings (SSSR count). The van der Waals surface area contributed by atoms with Gasteiger partial charge in [-0.15, -0.1) is 11.3 Å². The number of hydrogen-bond donors (Lipinski definition) is 1. The van der Waals surface area contributed by atoms with E-state index in [9.17, 15) is 4.79 Å². The highest BCUT2D eigenvalue weighted by molar-refractivity contribution is 7.15. The van der Waals surface area contributed by atoms with Gasteiger partial charge in [0.1, 0.15) is 11.5 Å². The third-order valence-electron chi connectivity index (χ3n) is 3.28. The van der Waals surface area contributed by atoms with Crippen molar-refractivity contribution in [3.63, 3.8) is 0 Å². The summed E-state index contributed by atoms with van der Waals surface area (Å²) < 4.78 is 7.26. The number of carbonyl (C=O) groups excluding carboxylic acids is 1. The molecule has 0 aliphatic rings. The van der Waals surface area contributed by atoms with Crippen molar-refractivity contribution < 1.29 is 9.21 Å². The Morgan fingerprint density at radius 2 is 2.43 bits per heavy atom. The molecule has 3 aromatic rings. The number of rotatable bonds is 5. The number of nitrogens with zero attached hydrogens (tertiary/aromatic N) is 3. The van der Waals surface area contributed by atoms with Gasteiger partial charge in [0.25, 0.3) is 5.91 Å². The average Bonchev–Trinajstić information content (AvgIpc) is 3.14. The molecule has 6 nitrogen and oxygen atoms in total. The van der Waals surface area contributed by atoms with Gasteiger partial charge in [0, 0.05) is 24.3 Å². The lowest BCUT2D eigenvalue weighted by Gasteiger charge is -2.22. The summed E-state index contributed by atoms with van der Waals surface area (Å²) in [6.45, 7) is 0.463. The minimum absolute atomic E-state index is 0.00678. The number of fused-ring (bicyclic) bond motifs is 1. The molecule has 0 saturated heterocycles. The van der Waals surface area contributed by atoms with Crippen LogP contribution >= 0.6 is 11.3 Å². The first-order chi connectivity index (χ1) is 10.1. The Balaban J connectivity index is 1.68. The van der Waals surface area contributed by atoms with Crippen molar-refractivity contribution in [2.45, 2.75) is 6.04 Å². The van der Waals surface area contributed by atoms with Crippen LogP contribution in [0.25, 0.3) is 4.96 Å². The summed E-state index contributed by atoms with van der Waals surface area (Å²) in [4.78, 5) is 19.3. The van der Waals surface area contributed by atoms with E-state index < -0.39 is 0 Å². The van der Waals surface area contributed by atoms with Gasteiger partial charge >= 0.3 is 0 Å². The SMILES string of the molecule is CN(C)[C@H](CNC(=O)c1cn2ccsc2n1)c1ccco1. The highest BCUT2D eigenvalue weighted by Crippen LogP contribution is 2.18. The van der Waals surface area contributed by atoms with Crippen LogP contribution in [0.5, 0.6) is 0 Å². The zero-order valence-electron chi connectivity index (χ0n) is 11.8. The van der Waals surface area contributed by atoms with Gasteiger partial charge in [-0.1, -0.05) is 0 Å². The minimum Gasteiger partial charge on any atom is -0.468 e. The van der Waals surface area contributed by atoms with Gasteiger partial charge < -0.3 is 9.73 Å². The Morgan fingerprint density at radius 3 is 3.10 bits per heavy atom. The molecule has 7 heteroatoms. The molecule has 1 atom stereocenters. The van der Waals surface area contributed by atoms with Crippen molar-refractivity contribution in [1.29, 1.82) is 0 Å². The molecule has 21 heavy (non-hydrogen) atoms. The second-order valence-electron chi connectivity index (χ2n) is 4.92. The fourth-order valence-corrected chi connectivity index (χ4v) is 2.84. The smallest absolute Gasteiger partial charge is 0.271 e. The molecule has 0 bridgehead atoms. The Morgan fingerprint density at radius 1 is 1.57 bits per heavy atom. The third-order valence-corrected chi connectivity index (χ3v) is 4.05. The van der Waals surface area contributed by atoms with Gasteiger partial charge in [0.2, 0.25) is 0 Å². The number of likely N-dealkylation sites (N-methyl/N-ethyl adjacent to an activating group) is 1. The van der Waals surface area contributed by atoms with Crippen LogP contribution in [0, 0.1) is 0 Å². The fraction of sp³-hybridized carbons (Fsp3) is 0.286.